The Labute approximate surface area is 165 Å². The average Bonchev–Trinajstić information content (AvgIpc) is 3.32. The van der Waals surface area contributed by atoms with Crippen molar-refractivity contribution in [2.45, 2.75) is 45.6 Å². The molecule has 1 atom stereocenters. The normalized spacial score (nSPS) is 16.9. The fourth-order valence-electron chi connectivity index (χ4n) is 4.09. The van der Waals surface area contributed by atoms with Crippen molar-refractivity contribution in [2.24, 2.45) is 0 Å². The smallest absolute Gasteiger partial charge is 0.261 e. The number of likely N-dealkylation sites (tertiary alicyclic amines) is 1. The van der Waals surface area contributed by atoms with Crippen LogP contribution >= 0.6 is 0 Å². The first-order chi connectivity index (χ1) is 13.5. The number of imidazole rings is 1. The van der Waals surface area contributed by atoms with E-state index in [9.17, 15) is 4.79 Å². The average molecular weight is 377 g/mol. The first-order valence-corrected chi connectivity index (χ1v) is 10.0. The number of fused-ring (bicyclic) bond motifs is 1. The highest BCUT2D eigenvalue weighted by atomic mass is 16.5. The van der Waals surface area contributed by atoms with Crippen LogP contribution in [0.5, 0.6) is 5.75 Å². The van der Waals surface area contributed by atoms with Crippen molar-refractivity contribution in [1.82, 2.24) is 14.9 Å². The Morgan fingerprint density at radius 1 is 1.29 bits per heavy atom. The van der Waals surface area contributed by atoms with E-state index < -0.39 is 0 Å². The Morgan fingerprint density at radius 2 is 2.11 bits per heavy atom. The van der Waals surface area contributed by atoms with Gasteiger partial charge in [0.2, 0.25) is 0 Å². The third kappa shape index (κ3) is 3.61. The molecule has 0 radical (unpaired) electrons. The molecule has 4 rings (SSSR count). The molecule has 0 unspecified atom stereocenters. The first kappa shape index (κ1) is 18.5. The number of ether oxygens (including phenoxy) is 1. The number of carbonyl (C=O) groups excluding carboxylic acids is 1. The van der Waals surface area contributed by atoms with E-state index in [0.29, 0.717) is 5.92 Å². The number of H-pyrrole nitrogens is 1. The van der Waals surface area contributed by atoms with Gasteiger partial charge in [-0.15, -0.1) is 0 Å². The van der Waals surface area contributed by atoms with Crippen LogP contribution in [0.15, 0.2) is 42.5 Å². The zero-order valence-electron chi connectivity index (χ0n) is 16.7. The molecule has 0 aliphatic carbocycles. The highest BCUT2D eigenvalue weighted by Gasteiger charge is 2.32. The van der Waals surface area contributed by atoms with Crippen molar-refractivity contribution in [3.63, 3.8) is 0 Å². The largest absolute Gasteiger partial charge is 0.484 e. The zero-order chi connectivity index (χ0) is 19.7. The number of para-hydroxylation sites is 2. The van der Waals surface area contributed by atoms with E-state index in [1.54, 1.807) is 0 Å². The number of aromatic nitrogens is 2. The van der Waals surface area contributed by atoms with Gasteiger partial charge in [0.25, 0.3) is 5.91 Å². The molecule has 1 aliphatic rings. The lowest BCUT2D eigenvalue weighted by Gasteiger charge is -2.23. The summed E-state index contributed by atoms with van der Waals surface area (Å²) in [6.45, 7) is 7.24. The second kappa shape index (κ2) is 7.66. The minimum Gasteiger partial charge on any atom is -0.484 e. The number of hydrogen-bond acceptors (Lipinski definition) is 3. The molecule has 1 saturated heterocycles. The van der Waals surface area contributed by atoms with Crippen LogP contribution in [-0.4, -0.2) is 33.9 Å². The number of hydrogen-bond donors (Lipinski definition) is 1. The summed E-state index contributed by atoms with van der Waals surface area (Å²) in [5.41, 5.74) is 4.45. The lowest BCUT2D eigenvalue weighted by atomic mass is 9.98. The van der Waals surface area contributed by atoms with Crippen LogP contribution in [0.2, 0.25) is 0 Å². The summed E-state index contributed by atoms with van der Waals surface area (Å²) < 4.78 is 5.82. The van der Waals surface area contributed by atoms with E-state index in [1.807, 2.05) is 41.3 Å². The number of benzene rings is 2. The van der Waals surface area contributed by atoms with Crippen LogP contribution < -0.4 is 4.74 Å². The van der Waals surface area contributed by atoms with Crippen molar-refractivity contribution in [1.29, 1.82) is 0 Å². The van der Waals surface area contributed by atoms with Crippen molar-refractivity contribution < 1.29 is 9.53 Å². The molecule has 0 bridgehead atoms. The molecule has 28 heavy (non-hydrogen) atoms. The maximum atomic E-state index is 12.8. The summed E-state index contributed by atoms with van der Waals surface area (Å²) in [7, 11) is 0. The second-order valence-corrected chi connectivity index (χ2v) is 7.85. The predicted octanol–water partition coefficient (Wildman–Crippen LogP) is 4.74. The van der Waals surface area contributed by atoms with Gasteiger partial charge in [-0.2, -0.15) is 0 Å². The SMILES string of the molecule is Cc1cc(OCC(=O)N2CCC[C@@H]2c2nc3ccccc3[nH]2)ccc1C(C)C. The van der Waals surface area contributed by atoms with Gasteiger partial charge in [-0.25, -0.2) is 4.98 Å². The lowest BCUT2D eigenvalue weighted by molar-refractivity contribution is -0.134. The van der Waals surface area contributed by atoms with Crippen LogP contribution in [0.3, 0.4) is 0 Å². The predicted molar refractivity (Wildman–Crippen MR) is 111 cm³/mol. The molecule has 2 aromatic carbocycles. The standard InChI is InChI=1S/C23H27N3O2/c1-15(2)18-11-10-17(13-16(18)3)28-14-22(27)26-12-6-9-21(26)23-24-19-7-4-5-8-20(19)25-23/h4-5,7-8,10-11,13,15,21H,6,9,12,14H2,1-3H3,(H,24,25)/t21-/m1/s1. The summed E-state index contributed by atoms with van der Waals surface area (Å²) in [5.74, 6) is 2.09. The second-order valence-electron chi connectivity index (χ2n) is 7.85. The highest BCUT2D eigenvalue weighted by molar-refractivity contribution is 5.79. The Kier molecular flexibility index (Phi) is 5.07. The van der Waals surface area contributed by atoms with Crippen molar-refractivity contribution in [3.8, 4) is 5.75 Å². The molecule has 2 heterocycles. The molecular weight excluding hydrogens is 350 g/mol. The fraction of sp³-hybridized carbons (Fsp3) is 0.391. The molecule has 1 N–H and O–H groups in total. The Bertz CT molecular complexity index is 959. The van der Waals surface area contributed by atoms with Crippen LogP contribution in [0, 0.1) is 6.92 Å². The molecule has 0 spiro atoms. The number of nitrogens with zero attached hydrogens (tertiary/aromatic N) is 2. The summed E-state index contributed by atoms with van der Waals surface area (Å²) in [6, 6.07) is 14.0. The summed E-state index contributed by atoms with van der Waals surface area (Å²) in [5, 5.41) is 0. The van der Waals surface area contributed by atoms with Gasteiger partial charge in [0.15, 0.2) is 6.61 Å². The van der Waals surface area contributed by atoms with E-state index >= 15 is 0 Å². The molecular formula is C23H27N3O2. The lowest BCUT2D eigenvalue weighted by Crippen LogP contribution is -2.34. The molecule has 1 aromatic heterocycles. The Morgan fingerprint density at radius 3 is 2.86 bits per heavy atom. The van der Waals surface area contributed by atoms with Gasteiger partial charge in [-0.05, 0) is 61.1 Å². The number of carbonyl (C=O) groups is 1. The van der Waals surface area contributed by atoms with Crippen LogP contribution in [-0.2, 0) is 4.79 Å². The van der Waals surface area contributed by atoms with Gasteiger partial charge in [0.05, 0.1) is 17.1 Å². The molecule has 1 aliphatic heterocycles. The maximum absolute atomic E-state index is 12.8. The summed E-state index contributed by atoms with van der Waals surface area (Å²) >= 11 is 0. The van der Waals surface area contributed by atoms with Crippen LogP contribution in [0.1, 0.15) is 55.6 Å². The third-order valence-corrected chi connectivity index (χ3v) is 5.52. The quantitative estimate of drug-likeness (QED) is 0.699. The third-order valence-electron chi connectivity index (χ3n) is 5.52. The molecule has 1 amide bonds. The molecule has 5 nitrogen and oxygen atoms in total. The van der Waals surface area contributed by atoms with Crippen molar-refractivity contribution in [2.75, 3.05) is 13.2 Å². The number of aromatic amines is 1. The van der Waals surface area contributed by atoms with E-state index in [0.717, 1.165) is 42.0 Å². The van der Waals surface area contributed by atoms with Crippen molar-refractivity contribution >= 4 is 16.9 Å². The molecule has 5 heteroatoms. The van der Waals surface area contributed by atoms with Gasteiger partial charge >= 0.3 is 0 Å². The minimum absolute atomic E-state index is 0.00597. The number of amides is 1. The topological polar surface area (TPSA) is 58.2 Å². The Balaban J connectivity index is 1.44. The number of aryl methyl sites for hydroxylation is 1. The summed E-state index contributed by atoms with van der Waals surface area (Å²) in [4.78, 5) is 22.8. The van der Waals surface area contributed by atoms with Crippen molar-refractivity contribution in [3.05, 3.63) is 59.4 Å². The highest BCUT2D eigenvalue weighted by Crippen LogP contribution is 2.31. The van der Waals surface area contributed by atoms with E-state index in [1.165, 1.54) is 11.1 Å². The fourth-order valence-corrected chi connectivity index (χ4v) is 4.09. The molecule has 1 fully saturated rings. The van der Waals surface area contributed by atoms with Gasteiger partial charge in [-0.3, -0.25) is 4.79 Å². The van der Waals surface area contributed by atoms with Crippen LogP contribution in [0.4, 0.5) is 0 Å². The maximum Gasteiger partial charge on any atom is 0.261 e. The Hall–Kier alpha value is -2.82. The molecule has 146 valence electrons. The van der Waals surface area contributed by atoms with Gasteiger partial charge in [0.1, 0.15) is 11.6 Å². The van der Waals surface area contributed by atoms with Gasteiger partial charge < -0.3 is 14.6 Å². The number of rotatable bonds is 5. The summed E-state index contributed by atoms with van der Waals surface area (Å²) in [6.07, 6.45) is 1.91. The van der Waals surface area contributed by atoms with E-state index in [4.69, 9.17) is 9.72 Å². The monoisotopic (exact) mass is 377 g/mol. The van der Waals surface area contributed by atoms with Crippen LogP contribution in [0.25, 0.3) is 11.0 Å². The van der Waals surface area contributed by atoms with E-state index in [-0.39, 0.29) is 18.6 Å². The van der Waals surface area contributed by atoms with E-state index in [2.05, 4.69) is 31.8 Å². The number of nitrogens with one attached hydrogen (secondary N) is 1. The molecule has 0 saturated carbocycles. The minimum atomic E-state index is -0.00597. The zero-order valence-corrected chi connectivity index (χ0v) is 16.7. The van der Waals surface area contributed by atoms with Gasteiger partial charge in [0, 0.05) is 6.54 Å². The molecule has 3 aromatic rings. The first-order valence-electron chi connectivity index (χ1n) is 10.0. The van der Waals surface area contributed by atoms with Gasteiger partial charge in [-0.1, -0.05) is 32.0 Å².